The number of rotatable bonds is 15. The molecule has 13 heteroatoms. The Hall–Kier alpha value is -5.97. The summed E-state index contributed by atoms with van der Waals surface area (Å²) >= 11 is 0. The molecule has 2 aromatic carbocycles. The fourth-order valence-electron chi connectivity index (χ4n) is 6.15. The molecule has 0 aliphatic carbocycles. The van der Waals surface area contributed by atoms with E-state index in [1.807, 2.05) is 36.4 Å². The summed E-state index contributed by atoms with van der Waals surface area (Å²) in [6, 6.07) is 11.8. The summed E-state index contributed by atoms with van der Waals surface area (Å²) < 4.78 is 42.3. The molecule has 4 aromatic rings. The Kier molecular flexibility index (Phi) is 11.8. The van der Waals surface area contributed by atoms with E-state index in [0.29, 0.717) is 35.5 Å². The van der Waals surface area contributed by atoms with Crippen molar-refractivity contribution in [1.82, 2.24) is 24.6 Å². The number of ether oxygens (including phenoxy) is 2. The van der Waals surface area contributed by atoms with Crippen LogP contribution in [0.15, 0.2) is 83.2 Å². The van der Waals surface area contributed by atoms with E-state index >= 15 is 0 Å². The Morgan fingerprint density at radius 2 is 2.13 bits per heavy atom. The summed E-state index contributed by atoms with van der Waals surface area (Å²) in [5.41, 5.74) is 5.11. The molecule has 6 rings (SSSR count). The standard InChI is InChI=1S/C40H40F2N8O3/c1-26-32(40(48-47-26)33(41)11-15-43)21-37(51)29-9-10-36-35(20-29)46-38(50(36)23-31-14-18-52-31)24-49-16-12-27(13-17-49)5-3-4-6-39(45-2)53-25-30-8-7-28(22-44)19-34(30)42/h3-4,6-12,15,19-21,31,43,51H,2,5,13-14,16-18,23-25H2,1H3,(H,47,48)/b4-3-,33-11+,37-21+,39-6+,43-15?/t31-/m0/s1. The van der Waals surface area contributed by atoms with Crippen molar-refractivity contribution in [2.24, 2.45) is 4.99 Å². The number of halogens is 2. The van der Waals surface area contributed by atoms with E-state index in [4.69, 9.17) is 25.1 Å². The van der Waals surface area contributed by atoms with Gasteiger partial charge in [0.2, 0.25) is 5.88 Å². The molecule has 53 heavy (non-hydrogen) atoms. The lowest BCUT2D eigenvalue weighted by atomic mass is 10.0. The van der Waals surface area contributed by atoms with Gasteiger partial charge in [0.25, 0.3) is 0 Å². The molecule has 2 aromatic heterocycles. The van der Waals surface area contributed by atoms with Crippen LogP contribution in [0.25, 0.3) is 28.7 Å². The van der Waals surface area contributed by atoms with Gasteiger partial charge in [-0.3, -0.25) is 10.00 Å². The molecule has 1 saturated heterocycles. The molecule has 11 nitrogen and oxygen atoms in total. The molecule has 1 atom stereocenters. The zero-order chi connectivity index (χ0) is 37.3. The SMILES string of the molecule is C=N/C(=C\C=C/CC1=CCN(Cc2nc3cc(/C(O)=C\c4c(/C(F)=C\C=N)n[nH]c4C)ccc3n2C[C@@H]2CCO2)CC1)OCc1ccc(C#N)cc1F. The summed E-state index contributed by atoms with van der Waals surface area (Å²) in [7, 11) is 0. The van der Waals surface area contributed by atoms with Crippen LogP contribution >= 0.6 is 0 Å². The number of aliphatic imine (C=N–C) groups is 1. The summed E-state index contributed by atoms with van der Waals surface area (Å²) in [4.78, 5) is 11.2. The van der Waals surface area contributed by atoms with Crippen molar-refractivity contribution in [2.45, 2.75) is 52.0 Å². The fraction of sp³-hybridized carbons (Fsp3) is 0.275. The van der Waals surface area contributed by atoms with Crippen LogP contribution in [0.3, 0.4) is 0 Å². The molecule has 4 heterocycles. The molecule has 0 spiro atoms. The minimum absolute atomic E-state index is 0.0252. The van der Waals surface area contributed by atoms with Gasteiger partial charge >= 0.3 is 0 Å². The first kappa shape index (κ1) is 36.8. The lowest BCUT2D eigenvalue weighted by Gasteiger charge is -2.29. The van der Waals surface area contributed by atoms with Gasteiger partial charge in [-0.15, -0.1) is 0 Å². The molecule has 272 valence electrons. The first-order valence-electron chi connectivity index (χ1n) is 17.2. The Morgan fingerprint density at radius 1 is 1.28 bits per heavy atom. The molecular formula is C40H40F2N8O3. The van der Waals surface area contributed by atoms with Gasteiger partial charge in [-0.25, -0.2) is 18.8 Å². The molecule has 1 fully saturated rings. The van der Waals surface area contributed by atoms with Crippen LogP contribution in [0, 0.1) is 29.5 Å². The Labute approximate surface area is 306 Å². The van der Waals surface area contributed by atoms with E-state index in [0.717, 1.165) is 68.1 Å². The number of aromatic nitrogens is 4. The number of aryl methyl sites for hydroxylation is 1. The van der Waals surface area contributed by atoms with Crippen molar-refractivity contribution in [3.05, 3.63) is 124 Å². The quantitative estimate of drug-likeness (QED) is 0.0493. The summed E-state index contributed by atoms with van der Waals surface area (Å²) in [5.74, 6) is -0.0527. The fourth-order valence-corrected chi connectivity index (χ4v) is 6.15. The zero-order valence-electron chi connectivity index (χ0n) is 29.4. The van der Waals surface area contributed by atoms with Crippen molar-refractivity contribution in [3.8, 4) is 6.07 Å². The molecule has 0 unspecified atom stereocenters. The van der Waals surface area contributed by atoms with Crippen LogP contribution in [0.4, 0.5) is 8.78 Å². The second kappa shape index (κ2) is 17.0. The van der Waals surface area contributed by atoms with E-state index in [1.165, 1.54) is 23.8 Å². The summed E-state index contributed by atoms with van der Waals surface area (Å²) in [6.07, 6.45) is 13.9. The molecule has 3 N–H and O–H groups in total. The lowest BCUT2D eigenvalue weighted by Crippen LogP contribution is -2.33. The third kappa shape index (κ3) is 8.92. The first-order chi connectivity index (χ1) is 25.8. The van der Waals surface area contributed by atoms with Gasteiger partial charge in [0.15, 0.2) is 5.83 Å². The highest BCUT2D eigenvalue weighted by atomic mass is 19.1. The van der Waals surface area contributed by atoms with Crippen molar-refractivity contribution < 1.29 is 23.4 Å². The highest BCUT2D eigenvalue weighted by Gasteiger charge is 2.24. The van der Waals surface area contributed by atoms with E-state index in [1.54, 1.807) is 19.1 Å². The van der Waals surface area contributed by atoms with Crippen LogP contribution in [-0.4, -0.2) is 68.5 Å². The highest BCUT2D eigenvalue weighted by Crippen LogP contribution is 2.29. The zero-order valence-corrected chi connectivity index (χ0v) is 29.4. The topological polar surface area (TPSA) is 148 Å². The van der Waals surface area contributed by atoms with Crippen LogP contribution in [0.1, 0.15) is 58.7 Å². The molecule has 2 aliphatic rings. The minimum Gasteiger partial charge on any atom is -0.507 e. The number of H-pyrrole nitrogens is 1. The highest BCUT2D eigenvalue weighted by molar-refractivity contribution is 5.87. The predicted octanol–water partition coefficient (Wildman–Crippen LogP) is 7.72. The van der Waals surface area contributed by atoms with Crippen molar-refractivity contribution in [2.75, 3.05) is 19.7 Å². The Morgan fingerprint density at radius 3 is 2.83 bits per heavy atom. The summed E-state index contributed by atoms with van der Waals surface area (Å²) in [5, 5.41) is 33.9. The number of fused-ring (bicyclic) bond motifs is 1. The Bertz CT molecular complexity index is 2200. The Balaban J connectivity index is 1.11. The third-order valence-electron chi connectivity index (χ3n) is 9.25. The number of nitriles is 1. The molecule has 0 bridgehead atoms. The molecule has 0 radical (unpaired) electrons. The maximum atomic E-state index is 14.5. The smallest absolute Gasteiger partial charge is 0.212 e. The second-order valence-corrected chi connectivity index (χ2v) is 12.8. The summed E-state index contributed by atoms with van der Waals surface area (Å²) in [6.45, 7) is 8.96. The number of aliphatic hydroxyl groups is 1. The normalized spacial score (nSPS) is 17.1. The molecule has 0 amide bonds. The number of nitrogens with one attached hydrogen (secondary N) is 2. The van der Waals surface area contributed by atoms with E-state index in [-0.39, 0.29) is 35.6 Å². The van der Waals surface area contributed by atoms with Gasteiger partial charge in [-0.05, 0) is 81.5 Å². The van der Waals surface area contributed by atoms with E-state index in [9.17, 15) is 13.9 Å². The number of imidazole rings is 1. The number of hydrogen-bond acceptors (Lipinski definition) is 9. The lowest BCUT2D eigenvalue weighted by molar-refractivity contribution is -0.0591. The third-order valence-corrected chi connectivity index (χ3v) is 9.25. The van der Waals surface area contributed by atoms with Gasteiger partial charge in [0, 0.05) is 48.3 Å². The number of aliphatic hydroxyl groups excluding tert-OH is 1. The number of hydrogen-bond donors (Lipinski definition) is 3. The second-order valence-electron chi connectivity index (χ2n) is 12.8. The average molecular weight is 719 g/mol. The van der Waals surface area contributed by atoms with E-state index in [2.05, 4.69) is 37.5 Å². The van der Waals surface area contributed by atoms with E-state index < -0.39 is 11.6 Å². The van der Waals surface area contributed by atoms with Crippen LogP contribution < -0.4 is 0 Å². The van der Waals surface area contributed by atoms with Crippen LogP contribution in [-0.2, 0) is 29.2 Å². The van der Waals surface area contributed by atoms with Gasteiger partial charge in [-0.2, -0.15) is 10.4 Å². The van der Waals surface area contributed by atoms with Crippen molar-refractivity contribution >= 4 is 41.6 Å². The number of aromatic amines is 1. The number of allylic oxidation sites excluding steroid dienone is 4. The average Bonchev–Trinajstić information content (AvgIpc) is 3.68. The van der Waals surface area contributed by atoms with Gasteiger partial charge in [-0.1, -0.05) is 29.9 Å². The van der Waals surface area contributed by atoms with Gasteiger partial charge in [0.1, 0.15) is 29.7 Å². The van der Waals surface area contributed by atoms with Crippen LogP contribution in [0.5, 0.6) is 0 Å². The van der Waals surface area contributed by atoms with Crippen molar-refractivity contribution in [1.29, 1.82) is 10.7 Å². The monoisotopic (exact) mass is 718 g/mol. The van der Waals surface area contributed by atoms with Gasteiger partial charge in [0.05, 0.1) is 41.9 Å². The van der Waals surface area contributed by atoms with Crippen LogP contribution in [0.2, 0.25) is 0 Å². The van der Waals surface area contributed by atoms with Gasteiger partial charge < -0.3 is 24.6 Å². The molecular weight excluding hydrogens is 678 g/mol. The predicted molar refractivity (Wildman–Crippen MR) is 201 cm³/mol. The first-order valence-corrected chi connectivity index (χ1v) is 17.2. The maximum absolute atomic E-state index is 14.5. The molecule has 2 aliphatic heterocycles. The van der Waals surface area contributed by atoms with Crippen molar-refractivity contribution in [3.63, 3.8) is 0 Å². The number of benzene rings is 2. The molecule has 0 saturated carbocycles. The minimum atomic E-state index is -0.674. The maximum Gasteiger partial charge on any atom is 0.212 e. The largest absolute Gasteiger partial charge is 0.507 e. The number of nitrogens with zero attached hydrogens (tertiary/aromatic N) is 6.